The summed E-state index contributed by atoms with van der Waals surface area (Å²) >= 11 is 6.29. The van der Waals surface area contributed by atoms with E-state index in [1.807, 2.05) is 11.5 Å². The van der Waals surface area contributed by atoms with E-state index in [1.54, 1.807) is 12.1 Å². The number of aromatic nitrogens is 4. The molecule has 1 unspecified atom stereocenters. The van der Waals surface area contributed by atoms with Crippen LogP contribution in [0.2, 0.25) is 5.15 Å². The minimum atomic E-state index is -0.447. The molecule has 0 spiro atoms. The van der Waals surface area contributed by atoms with E-state index in [0.717, 1.165) is 12.2 Å². The monoisotopic (exact) mass is 345 g/mol. The number of rotatable bonds is 4. The van der Waals surface area contributed by atoms with Crippen LogP contribution < -0.4 is 0 Å². The van der Waals surface area contributed by atoms with Gasteiger partial charge < -0.3 is 4.57 Å². The number of hydrogen-bond acceptors (Lipinski definition) is 5. The minimum Gasteiger partial charge on any atom is -0.310 e. The third-order valence-electron chi connectivity index (χ3n) is 4.02. The Morgan fingerprint density at radius 1 is 1.33 bits per heavy atom. The quantitative estimate of drug-likeness (QED) is 0.399. The highest BCUT2D eigenvalue weighted by Crippen LogP contribution is 2.29. The lowest BCUT2D eigenvalue weighted by atomic mass is 10.2. The molecule has 0 N–H and O–H groups in total. The lowest BCUT2D eigenvalue weighted by molar-refractivity contribution is -0.384. The summed E-state index contributed by atoms with van der Waals surface area (Å²) in [4.78, 5) is 23.8. The van der Waals surface area contributed by atoms with Gasteiger partial charge in [0.25, 0.3) is 5.69 Å². The molecular formula is C16H16ClN5O2. The molecule has 0 radical (unpaired) electrons. The summed E-state index contributed by atoms with van der Waals surface area (Å²) in [6.07, 6.45) is 0.917. The van der Waals surface area contributed by atoms with Gasteiger partial charge in [-0.3, -0.25) is 10.1 Å². The average Bonchev–Trinajstić information content (AvgIpc) is 2.91. The van der Waals surface area contributed by atoms with Gasteiger partial charge in [0.1, 0.15) is 11.3 Å². The molecule has 7 nitrogen and oxygen atoms in total. The van der Waals surface area contributed by atoms with Crippen LogP contribution in [0.5, 0.6) is 0 Å². The van der Waals surface area contributed by atoms with Crippen LogP contribution in [0.15, 0.2) is 24.3 Å². The Morgan fingerprint density at radius 3 is 2.75 bits per heavy atom. The molecule has 0 aliphatic heterocycles. The zero-order valence-electron chi connectivity index (χ0n) is 13.5. The van der Waals surface area contributed by atoms with Gasteiger partial charge in [0.05, 0.1) is 4.92 Å². The van der Waals surface area contributed by atoms with Crippen molar-refractivity contribution in [3.8, 4) is 11.4 Å². The van der Waals surface area contributed by atoms with Gasteiger partial charge in [-0.2, -0.15) is 0 Å². The van der Waals surface area contributed by atoms with E-state index in [0.29, 0.717) is 22.6 Å². The molecule has 0 amide bonds. The number of nitrogens with zero attached hydrogens (tertiary/aromatic N) is 5. The lowest BCUT2D eigenvalue weighted by Gasteiger charge is -2.13. The van der Waals surface area contributed by atoms with E-state index in [1.165, 1.54) is 12.1 Å². The van der Waals surface area contributed by atoms with Crippen molar-refractivity contribution in [2.75, 3.05) is 0 Å². The molecular weight excluding hydrogens is 330 g/mol. The molecule has 1 aromatic carbocycles. The fourth-order valence-corrected chi connectivity index (χ4v) is 2.85. The predicted octanol–water partition coefficient (Wildman–Crippen LogP) is 4.33. The Hall–Kier alpha value is -2.54. The molecule has 1 atom stereocenters. The van der Waals surface area contributed by atoms with Gasteiger partial charge in [-0.1, -0.05) is 30.7 Å². The average molecular weight is 346 g/mol. The number of nitro groups is 1. The van der Waals surface area contributed by atoms with Crippen molar-refractivity contribution in [3.05, 3.63) is 45.4 Å². The van der Waals surface area contributed by atoms with Crippen LogP contribution in [0.1, 0.15) is 32.1 Å². The number of aryl methyl sites for hydroxylation is 1. The summed E-state index contributed by atoms with van der Waals surface area (Å²) < 4.78 is 2.02. The molecule has 0 saturated carbocycles. The van der Waals surface area contributed by atoms with Crippen molar-refractivity contribution in [2.45, 2.75) is 33.2 Å². The van der Waals surface area contributed by atoms with Crippen LogP contribution in [0.25, 0.3) is 22.6 Å². The molecule has 2 aromatic heterocycles. The van der Waals surface area contributed by atoms with Crippen LogP contribution >= 0.6 is 11.6 Å². The van der Waals surface area contributed by atoms with Crippen LogP contribution in [-0.2, 0) is 0 Å². The van der Waals surface area contributed by atoms with Crippen molar-refractivity contribution < 1.29 is 4.92 Å². The second kappa shape index (κ2) is 6.16. The zero-order valence-corrected chi connectivity index (χ0v) is 14.3. The molecule has 8 heteroatoms. The number of fused-ring (bicyclic) bond motifs is 1. The molecule has 124 valence electrons. The van der Waals surface area contributed by atoms with Gasteiger partial charge in [0, 0.05) is 23.7 Å². The third kappa shape index (κ3) is 2.71. The zero-order chi connectivity index (χ0) is 17.4. The Kier molecular flexibility index (Phi) is 4.19. The van der Waals surface area contributed by atoms with Gasteiger partial charge in [-0.25, -0.2) is 15.0 Å². The standard InChI is InChI=1S/C16H16ClN5O2/c1-4-9(2)21-10(3)18-13-14(17)19-15(20-16(13)21)11-6-5-7-12(8-11)22(23)24/h5-9H,4H2,1-3H3. The maximum Gasteiger partial charge on any atom is 0.270 e. The van der Waals surface area contributed by atoms with Gasteiger partial charge in [-0.05, 0) is 20.3 Å². The van der Waals surface area contributed by atoms with Crippen LogP contribution in [0.3, 0.4) is 0 Å². The van der Waals surface area contributed by atoms with Crippen LogP contribution in [-0.4, -0.2) is 24.4 Å². The van der Waals surface area contributed by atoms with E-state index in [9.17, 15) is 10.1 Å². The number of non-ortho nitro benzene ring substituents is 1. The van der Waals surface area contributed by atoms with E-state index < -0.39 is 4.92 Å². The molecule has 0 fully saturated rings. The maximum atomic E-state index is 11.0. The van der Waals surface area contributed by atoms with Gasteiger partial charge in [0.2, 0.25) is 0 Å². The van der Waals surface area contributed by atoms with Crippen LogP contribution in [0.4, 0.5) is 5.69 Å². The number of imidazole rings is 1. The second-order valence-corrected chi connectivity index (χ2v) is 5.96. The molecule has 3 aromatic rings. The van der Waals surface area contributed by atoms with Crippen LogP contribution in [0, 0.1) is 17.0 Å². The summed E-state index contributed by atoms with van der Waals surface area (Å²) in [6.45, 7) is 6.06. The van der Waals surface area contributed by atoms with Gasteiger partial charge in [-0.15, -0.1) is 0 Å². The molecule has 24 heavy (non-hydrogen) atoms. The highest BCUT2D eigenvalue weighted by atomic mass is 35.5. The first-order valence-electron chi connectivity index (χ1n) is 7.59. The number of benzene rings is 1. The normalized spacial score (nSPS) is 12.5. The van der Waals surface area contributed by atoms with Crippen molar-refractivity contribution >= 4 is 28.5 Å². The molecule has 3 rings (SSSR count). The number of nitro benzene ring substituents is 1. The first kappa shape index (κ1) is 16.3. The number of halogens is 1. The van der Waals surface area contributed by atoms with E-state index >= 15 is 0 Å². The molecule has 0 saturated heterocycles. The largest absolute Gasteiger partial charge is 0.310 e. The Labute approximate surface area is 143 Å². The van der Waals surface area contributed by atoms with Crippen molar-refractivity contribution in [1.82, 2.24) is 19.5 Å². The van der Waals surface area contributed by atoms with E-state index in [2.05, 4.69) is 28.8 Å². The smallest absolute Gasteiger partial charge is 0.270 e. The fraction of sp³-hybridized carbons (Fsp3) is 0.312. The Morgan fingerprint density at radius 2 is 2.08 bits per heavy atom. The summed E-state index contributed by atoms with van der Waals surface area (Å²) in [5.41, 5.74) is 1.72. The molecule has 2 heterocycles. The predicted molar refractivity (Wildman–Crippen MR) is 92.2 cm³/mol. The maximum absolute atomic E-state index is 11.0. The van der Waals surface area contributed by atoms with Gasteiger partial charge in [0.15, 0.2) is 16.6 Å². The van der Waals surface area contributed by atoms with E-state index in [-0.39, 0.29) is 16.9 Å². The van der Waals surface area contributed by atoms with Crippen molar-refractivity contribution in [2.24, 2.45) is 0 Å². The summed E-state index contributed by atoms with van der Waals surface area (Å²) in [5, 5.41) is 11.2. The highest BCUT2D eigenvalue weighted by Gasteiger charge is 2.19. The lowest BCUT2D eigenvalue weighted by Crippen LogP contribution is -2.07. The Bertz CT molecular complexity index is 938. The fourth-order valence-electron chi connectivity index (χ4n) is 2.65. The topological polar surface area (TPSA) is 86.7 Å². The summed E-state index contributed by atoms with van der Waals surface area (Å²) in [7, 11) is 0. The summed E-state index contributed by atoms with van der Waals surface area (Å²) in [5.74, 6) is 1.16. The summed E-state index contributed by atoms with van der Waals surface area (Å²) in [6, 6.07) is 6.40. The Balaban J connectivity index is 2.23. The van der Waals surface area contributed by atoms with Crippen molar-refractivity contribution in [3.63, 3.8) is 0 Å². The third-order valence-corrected chi connectivity index (χ3v) is 4.28. The minimum absolute atomic E-state index is 0.0149. The first-order chi connectivity index (χ1) is 11.4. The highest BCUT2D eigenvalue weighted by molar-refractivity contribution is 6.33. The van der Waals surface area contributed by atoms with E-state index in [4.69, 9.17) is 11.6 Å². The SMILES string of the molecule is CCC(C)n1c(C)nc2c(Cl)nc(-c3cccc([N+](=O)[O-])c3)nc21. The van der Waals surface area contributed by atoms with Crippen molar-refractivity contribution in [1.29, 1.82) is 0 Å². The second-order valence-electron chi connectivity index (χ2n) is 5.60. The first-order valence-corrected chi connectivity index (χ1v) is 7.97. The molecule has 0 aliphatic carbocycles. The molecule has 0 bridgehead atoms. The molecule has 0 aliphatic rings. The van der Waals surface area contributed by atoms with Gasteiger partial charge >= 0.3 is 0 Å². The number of hydrogen-bond donors (Lipinski definition) is 0.